The number of esters is 1. The van der Waals surface area contributed by atoms with E-state index in [1.54, 1.807) is 24.3 Å². The second kappa shape index (κ2) is 5.90. The molecule has 0 fully saturated rings. The number of carbonyl (C=O) groups is 2. The molecule has 0 bridgehead atoms. The predicted molar refractivity (Wildman–Crippen MR) is 58.6 cm³/mol. The van der Waals surface area contributed by atoms with Crippen LogP contribution in [0.25, 0.3) is 0 Å². The number of hydrogen-bond acceptors (Lipinski definition) is 4. The van der Waals surface area contributed by atoms with Crippen LogP contribution in [0.1, 0.15) is 24.2 Å². The Balaban J connectivity index is 2.67. The zero-order valence-corrected chi connectivity index (χ0v) is 9.36. The van der Waals surface area contributed by atoms with Crippen molar-refractivity contribution in [3.8, 4) is 5.75 Å². The lowest BCUT2D eigenvalue weighted by Gasteiger charge is -2.05. The third-order valence-corrected chi connectivity index (χ3v) is 1.87. The molecule has 0 atom stereocenters. The molecule has 1 aromatic rings. The van der Waals surface area contributed by atoms with Crippen LogP contribution < -0.4 is 4.74 Å². The van der Waals surface area contributed by atoms with Gasteiger partial charge in [0.2, 0.25) is 0 Å². The van der Waals surface area contributed by atoms with Crippen molar-refractivity contribution in [2.75, 3.05) is 13.2 Å². The first-order valence-corrected chi connectivity index (χ1v) is 5.03. The minimum absolute atomic E-state index is 0.231. The normalized spacial score (nSPS) is 9.62. The first kappa shape index (κ1) is 12.2. The van der Waals surface area contributed by atoms with Gasteiger partial charge in [0.05, 0.1) is 6.61 Å². The minimum atomic E-state index is -0.464. The van der Waals surface area contributed by atoms with Crippen molar-refractivity contribution in [2.45, 2.75) is 13.8 Å². The standard InChI is InChI=1S/C12H14O4/c1-3-15-11-6-4-5-10(7-11)12(14)8-16-9(2)13/h4-7H,3,8H2,1-2H3. The molecule has 4 heteroatoms. The first-order chi connectivity index (χ1) is 7.63. The molecule has 0 radical (unpaired) electrons. The zero-order chi connectivity index (χ0) is 12.0. The van der Waals surface area contributed by atoms with E-state index in [9.17, 15) is 9.59 Å². The number of hydrogen-bond donors (Lipinski definition) is 0. The zero-order valence-electron chi connectivity index (χ0n) is 9.36. The number of carbonyl (C=O) groups excluding carboxylic acids is 2. The van der Waals surface area contributed by atoms with Gasteiger partial charge >= 0.3 is 5.97 Å². The molecule has 0 aromatic heterocycles. The van der Waals surface area contributed by atoms with Gasteiger partial charge in [-0.25, -0.2) is 0 Å². The average Bonchev–Trinajstić information content (AvgIpc) is 2.26. The summed E-state index contributed by atoms with van der Waals surface area (Å²) in [6, 6.07) is 6.79. The van der Waals surface area contributed by atoms with Gasteiger partial charge in [-0.1, -0.05) is 12.1 Å². The molecule has 0 N–H and O–H groups in total. The van der Waals surface area contributed by atoms with Gasteiger partial charge in [-0.15, -0.1) is 0 Å². The summed E-state index contributed by atoms with van der Waals surface area (Å²) in [5.41, 5.74) is 0.479. The summed E-state index contributed by atoms with van der Waals surface area (Å²) < 4.78 is 9.89. The molecule has 0 spiro atoms. The van der Waals surface area contributed by atoms with Crippen LogP contribution in [-0.2, 0) is 9.53 Å². The van der Waals surface area contributed by atoms with Crippen LogP contribution >= 0.6 is 0 Å². The molecule has 16 heavy (non-hydrogen) atoms. The van der Waals surface area contributed by atoms with E-state index < -0.39 is 5.97 Å². The number of Topliss-reactive ketones (excluding diaryl/α,β-unsaturated/α-hetero) is 1. The fraction of sp³-hybridized carbons (Fsp3) is 0.333. The lowest BCUT2D eigenvalue weighted by atomic mass is 10.1. The second-order valence-corrected chi connectivity index (χ2v) is 3.16. The Hall–Kier alpha value is -1.84. The SMILES string of the molecule is CCOc1cccc(C(=O)COC(C)=O)c1. The molecule has 0 unspecified atom stereocenters. The van der Waals surface area contributed by atoms with Gasteiger partial charge in [0.15, 0.2) is 12.4 Å². The van der Waals surface area contributed by atoms with Crippen molar-refractivity contribution in [1.29, 1.82) is 0 Å². The largest absolute Gasteiger partial charge is 0.494 e. The van der Waals surface area contributed by atoms with Gasteiger partial charge in [-0.3, -0.25) is 9.59 Å². The lowest BCUT2D eigenvalue weighted by molar-refractivity contribution is -0.139. The highest BCUT2D eigenvalue weighted by Crippen LogP contribution is 2.13. The molecule has 1 aromatic carbocycles. The maximum atomic E-state index is 11.6. The number of rotatable bonds is 5. The second-order valence-electron chi connectivity index (χ2n) is 3.16. The molecule has 0 heterocycles. The summed E-state index contributed by atoms with van der Waals surface area (Å²) in [6.07, 6.45) is 0. The fourth-order valence-electron chi connectivity index (χ4n) is 1.18. The monoisotopic (exact) mass is 222 g/mol. The van der Waals surface area contributed by atoms with E-state index in [4.69, 9.17) is 4.74 Å². The number of benzene rings is 1. The van der Waals surface area contributed by atoms with Crippen molar-refractivity contribution in [1.82, 2.24) is 0 Å². The maximum absolute atomic E-state index is 11.6. The third-order valence-electron chi connectivity index (χ3n) is 1.87. The van der Waals surface area contributed by atoms with Crippen molar-refractivity contribution >= 4 is 11.8 Å². The molecule has 0 amide bonds. The van der Waals surface area contributed by atoms with Crippen LogP contribution in [0, 0.1) is 0 Å². The smallest absolute Gasteiger partial charge is 0.303 e. The lowest BCUT2D eigenvalue weighted by Crippen LogP contribution is -2.11. The van der Waals surface area contributed by atoms with E-state index in [1.165, 1.54) is 6.92 Å². The number of ether oxygens (including phenoxy) is 2. The van der Waals surface area contributed by atoms with Crippen molar-refractivity contribution < 1.29 is 19.1 Å². The van der Waals surface area contributed by atoms with Gasteiger partial charge in [0, 0.05) is 12.5 Å². The highest BCUT2D eigenvalue weighted by Gasteiger charge is 2.08. The number of ketones is 1. The van der Waals surface area contributed by atoms with Gasteiger partial charge < -0.3 is 9.47 Å². The molecule has 4 nitrogen and oxygen atoms in total. The van der Waals surface area contributed by atoms with Crippen molar-refractivity contribution in [2.24, 2.45) is 0 Å². The van der Waals surface area contributed by atoms with Crippen LogP contribution in [0.3, 0.4) is 0 Å². The van der Waals surface area contributed by atoms with Crippen LogP contribution in [0.4, 0.5) is 0 Å². The van der Waals surface area contributed by atoms with E-state index in [1.807, 2.05) is 6.92 Å². The molecule has 1 rings (SSSR count). The Labute approximate surface area is 94.2 Å². The third kappa shape index (κ3) is 3.73. The average molecular weight is 222 g/mol. The van der Waals surface area contributed by atoms with Crippen LogP contribution in [0.15, 0.2) is 24.3 Å². The summed E-state index contributed by atoms with van der Waals surface area (Å²) in [4.78, 5) is 22.1. The van der Waals surface area contributed by atoms with Crippen LogP contribution in [-0.4, -0.2) is 25.0 Å². The highest BCUT2D eigenvalue weighted by atomic mass is 16.5. The Kier molecular flexibility index (Phi) is 4.51. The fourth-order valence-corrected chi connectivity index (χ4v) is 1.18. The highest BCUT2D eigenvalue weighted by molar-refractivity contribution is 5.98. The summed E-state index contributed by atoms with van der Waals surface area (Å²) in [5.74, 6) is -0.0674. The van der Waals surface area contributed by atoms with E-state index in [0.717, 1.165) is 0 Å². The summed E-state index contributed by atoms with van der Waals surface area (Å²) in [6.45, 7) is 3.45. The van der Waals surface area contributed by atoms with E-state index >= 15 is 0 Å². The van der Waals surface area contributed by atoms with Gasteiger partial charge in [-0.05, 0) is 19.1 Å². The van der Waals surface area contributed by atoms with Gasteiger partial charge in [0.1, 0.15) is 5.75 Å². The summed E-state index contributed by atoms with van der Waals surface area (Å²) in [5, 5.41) is 0. The van der Waals surface area contributed by atoms with Crippen molar-refractivity contribution in [3.05, 3.63) is 29.8 Å². The molecule has 86 valence electrons. The molecule has 0 aliphatic carbocycles. The quantitative estimate of drug-likeness (QED) is 0.563. The molecular formula is C12H14O4. The topological polar surface area (TPSA) is 52.6 Å². The minimum Gasteiger partial charge on any atom is -0.494 e. The Bertz CT molecular complexity index is 384. The molecule has 0 aliphatic heterocycles. The summed E-state index contributed by atoms with van der Waals surface area (Å²) >= 11 is 0. The van der Waals surface area contributed by atoms with Crippen LogP contribution in [0.2, 0.25) is 0 Å². The predicted octanol–water partition coefficient (Wildman–Crippen LogP) is 1.83. The first-order valence-electron chi connectivity index (χ1n) is 5.03. The van der Waals surface area contributed by atoms with Crippen LogP contribution in [0.5, 0.6) is 5.75 Å². The van der Waals surface area contributed by atoms with E-state index in [2.05, 4.69) is 4.74 Å². The maximum Gasteiger partial charge on any atom is 0.303 e. The molecular weight excluding hydrogens is 208 g/mol. The van der Waals surface area contributed by atoms with Gasteiger partial charge in [-0.2, -0.15) is 0 Å². The van der Waals surface area contributed by atoms with E-state index in [-0.39, 0.29) is 12.4 Å². The Morgan fingerprint density at radius 2 is 2.06 bits per heavy atom. The van der Waals surface area contributed by atoms with E-state index in [0.29, 0.717) is 17.9 Å². The van der Waals surface area contributed by atoms with Crippen molar-refractivity contribution in [3.63, 3.8) is 0 Å². The Morgan fingerprint density at radius 3 is 2.69 bits per heavy atom. The molecule has 0 aliphatic rings. The molecule has 0 saturated carbocycles. The van der Waals surface area contributed by atoms with Gasteiger partial charge in [0.25, 0.3) is 0 Å². The summed E-state index contributed by atoms with van der Waals surface area (Å²) in [7, 11) is 0. The Morgan fingerprint density at radius 1 is 1.31 bits per heavy atom. The molecule has 0 saturated heterocycles.